The number of nitrogens with one attached hydrogen (secondary N) is 2. The molecule has 0 aromatic heterocycles. The van der Waals surface area contributed by atoms with Crippen molar-refractivity contribution in [3.63, 3.8) is 0 Å². The Morgan fingerprint density at radius 2 is 1.80 bits per heavy atom. The van der Waals surface area contributed by atoms with Gasteiger partial charge in [-0.25, -0.2) is 4.39 Å². The lowest BCUT2D eigenvalue weighted by Gasteiger charge is -2.27. The Bertz CT molecular complexity index is 1380. The average Bonchev–Trinajstić information content (AvgIpc) is 3.29. The third-order valence-electron chi connectivity index (χ3n) is 7.47. The fraction of sp³-hybridized carbons (Fsp3) is 0.296. The molecule has 1 saturated carbocycles. The average molecular weight is 493 g/mol. The standard InChI is InChI=1S/C27H29FN4O2S/c1-18-13-25(30-22-11-9-21(28)10-12-22)20(15-29)14-23(18)27-17-32(35(33,34)31(2)3)16-24(27)26(27)19-7-5-4-6-8-19/h4-15,24,26,29-30H,16-17H2,1-3H3/t24-,26-,27+/m1/s1. The molecule has 0 bridgehead atoms. The number of rotatable bonds is 7. The summed E-state index contributed by atoms with van der Waals surface area (Å²) in [6.45, 7) is 2.91. The molecule has 8 heteroatoms. The summed E-state index contributed by atoms with van der Waals surface area (Å²) in [5.41, 5.74) is 5.17. The molecule has 182 valence electrons. The highest BCUT2D eigenvalue weighted by molar-refractivity contribution is 7.86. The smallest absolute Gasteiger partial charge is 0.281 e. The van der Waals surface area contributed by atoms with Crippen molar-refractivity contribution in [3.8, 4) is 0 Å². The van der Waals surface area contributed by atoms with Crippen LogP contribution in [0, 0.1) is 24.1 Å². The lowest BCUT2D eigenvalue weighted by Crippen LogP contribution is -2.41. The Morgan fingerprint density at radius 1 is 1.11 bits per heavy atom. The van der Waals surface area contributed by atoms with Gasteiger partial charge in [-0.2, -0.15) is 17.0 Å². The third-order valence-corrected chi connectivity index (χ3v) is 9.32. The fourth-order valence-corrected chi connectivity index (χ4v) is 6.96. The first-order chi connectivity index (χ1) is 16.7. The van der Waals surface area contributed by atoms with Crippen LogP contribution in [0.25, 0.3) is 0 Å². The van der Waals surface area contributed by atoms with Crippen LogP contribution in [0.4, 0.5) is 15.8 Å². The van der Waals surface area contributed by atoms with Gasteiger partial charge in [-0.1, -0.05) is 30.3 Å². The van der Waals surface area contributed by atoms with Gasteiger partial charge >= 0.3 is 0 Å². The molecule has 0 unspecified atom stereocenters. The van der Waals surface area contributed by atoms with Crippen molar-refractivity contribution in [1.29, 1.82) is 5.41 Å². The molecule has 3 atom stereocenters. The normalized spacial score (nSPS) is 23.8. The first kappa shape index (κ1) is 23.7. The van der Waals surface area contributed by atoms with Gasteiger partial charge in [-0.3, -0.25) is 0 Å². The summed E-state index contributed by atoms with van der Waals surface area (Å²) in [5, 5.41) is 11.4. The van der Waals surface area contributed by atoms with Crippen molar-refractivity contribution in [1.82, 2.24) is 8.61 Å². The largest absolute Gasteiger partial charge is 0.355 e. The highest BCUT2D eigenvalue weighted by Gasteiger charge is 2.71. The second-order valence-electron chi connectivity index (χ2n) is 9.65. The van der Waals surface area contributed by atoms with E-state index in [-0.39, 0.29) is 23.1 Å². The number of halogens is 1. The molecular formula is C27H29FN4O2S. The minimum atomic E-state index is -3.53. The second-order valence-corrected chi connectivity index (χ2v) is 11.8. The Balaban J connectivity index is 1.57. The monoisotopic (exact) mass is 492 g/mol. The molecule has 2 fully saturated rings. The topological polar surface area (TPSA) is 76.5 Å². The summed E-state index contributed by atoms with van der Waals surface area (Å²) < 4.78 is 42.2. The third kappa shape index (κ3) is 3.86. The first-order valence-corrected chi connectivity index (χ1v) is 13.0. The lowest BCUT2D eigenvalue weighted by atomic mass is 9.86. The van der Waals surface area contributed by atoms with E-state index >= 15 is 0 Å². The molecule has 6 nitrogen and oxygen atoms in total. The number of benzene rings is 3. The zero-order valence-electron chi connectivity index (χ0n) is 20.0. The molecular weight excluding hydrogens is 463 g/mol. The summed E-state index contributed by atoms with van der Waals surface area (Å²) in [5.74, 6) is 0.0666. The zero-order chi connectivity index (χ0) is 25.0. The van der Waals surface area contributed by atoms with Crippen molar-refractivity contribution >= 4 is 27.8 Å². The quantitative estimate of drug-likeness (QED) is 0.472. The summed E-state index contributed by atoms with van der Waals surface area (Å²) in [6, 6.07) is 20.4. The molecule has 1 saturated heterocycles. The van der Waals surface area contributed by atoms with Crippen LogP contribution in [0.1, 0.15) is 28.2 Å². The van der Waals surface area contributed by atoms with E-state index in [0.29, 0.717) is 18.7 Å². The van der Waals surface area contributed by atoms with Crippen molar-refractivity contribution in [3.05, 3.63) is 94.8 Å². The van der Waals surface area contributed by atoms with Crippen molar-refractivity contribution < 1.29 is 12.8 Å². The van der Waals surface area contributed by atoms with E-state index in [1.54, 1.807) is 30.5 Å². The van der Waals surface area contributed by atoms with Gasteiger partial charge in [0.15, 0.2) is 0 Å². The number of hydrogen-bond donors (Lipinski definition) is 2. The molecule has 0 radical (unpaired) electrons. The predicted octanol–water partition coefficient (Wildman–Crippen LogP) is 4.65. The highest BCUT2D eigenvalue weighted by atomic mass is 32.2. The van der Waals surface area contributed by atoms with E-state index in [4.69, 9.17) is 5.41 Å². The van der Waals surface area contributed by atoms with Crippen LogP contribution in [0.5, 0.6) is 0 Å². The van der Waals surface area contributed by atoms with Gasteiger partial charge in [0.1, 0.15) is 5.82 Å². The number of hydrogen-bond acceptors (Lipinski definition) is 4. The number of anilines is 2. The lowest BCUT2D eigenvalue weighted by molar-refractivity contribution is 0.384. The van der Waals surface area contributed by atoms with E-state index in [2.05, 4.69) is 17.4 Å². The predicted molar refractivity (Wildman–Crippen MR) is 137 cm³/mol. The molecule has 0 spiro atoms. The van der Waals surface area contributed by atoms with E-state index in [9.17, 15) is 12.8 Å². The molecule has 0 amide bonds. The Labute approximate surface area is 206 Å². The van der Waals surface area contributed by atoms with Gasteiger partial charge in [0.2, 0.25) is 0 Å². The van der Waals surface area contributed by atoms with Gasteiger partial charge in [0, 0.05) is 61.7 Å². The molecule has 2 aliphatic rings. The molecule has 1 aliphatic heterocycles. The zero-order valence-corrected chi connectivity index (χ0v) is 20.8. The minimum Gasteiger partial charge on any atom is -0.355 e. The number of nitrogens with zero attached hydrogens (tertiary/aromatic N) is 2. The van der Waals surface area contributed by atoms with Crippen LogP contribution in [0.3, 0.4) is 0 Å². The summed E-state index contributed by atoms with van der Waals surface area (Å²) in [6.07, 6.45) is 1.31. The summed E-state index contributed by atoms with van der Waals surface area (Å²) in [7, 11) is -0.404. The van der Waals surface area contributed by atoms with Crippen molar-refractivity contribution in [2.24, 2.45) is 5.92 Å². The summed E-state index contributed by atoms with van der Waals surface area (Å²) >= 11 is 0. The maximum atomic E-state index is 13.3. The van der Waals surface area contributed by atoms with Crippen LogP contribution in [-0.4, -0.2) is 50.4 Å². The van der Waals surface area contributed by atoms with Crippen LogP contribution in [0.2, 0.25) is 0 Å². The minimum absolute atomic E-state index is 0.160. The van der Waals surface area contributed by atoms with Gasteiger partial charge < -0.3 is 10.7 Å². The molecule has 35 heavy (non-hydrogen) atoms. The van der Waals surface area contributed by atoms with Crippen molar-refractivity contribution in [2.45, 2.75) is 18.3 Å². The van der Waals surface area contributed by atoms with Crippen LogP contribution in [-0.2, 0) is 15.6 Å². The van der Waals surface area contributed by atoms with E-state index in [1.807, 2.05) is 37.3 Å². The number of fused-ring (bicyclic) bond motifs is 1. The molecule has 1 aliphatic carbocycles. The van der Waals surface area contributed by atoms with Crippen LogP contribution >= 0.6 is 0 Å². The Hall–Kier alpha value is -3.07. The van der Waals surface area contributed by atoms with E-state index in [0.717, 1.165) is 22.5 Å². The van der Waals surface area contributed by atoms with Crippen molar-refractivity contribution in [2.75, 3.05) is 32.5 Å². The van der Waals surface area contributed by atoms with Gasteiger partial charge in [0.25, 0.3) is 10.2 Å². The van der Waals surface area contributed by atoms with Crippen LogP contribution < -0.4 is 5.32 Å². The maximum absolute atomic E-state index is 13.3. The number of aryl methyl sites for hydroxylation is 1. The van der Waals surface area contributed by atoms with Gasteiger partial charge in [-0.15, -0.1) is 0 Å². The fourth-order valence-electron chi connectivity index (χ4n) is 5.77. The first-order valence-electron chi connectivity index (χ1n) is 11.6. The van der Waals surface area contributed by atoms with E-state index in [1.165, 1.54) is 28.2 Å². The van der Waals surface area contributed by atoms with Crippen LogP contribution in [0.15, 0.2) is 66.7 Å². The van der Waals surface area contributed by atoms with E-state index < -0.39 is 10.2 Å². The molecule has 2 N–H and O–H groups in total. The molecule has 3 aromatic carbocycles. The molecule has 1 heterocycles. The van der Waals surface area contributed by atoms with Gasteiger partial charge in [0.05, 0.1) is 0 Å². The second kappa shape index (κ2) is 8.55. The SMILES string of the molecule is Cc1cc(Nc2ccc(F)cc2)c(C=N)cc1[C@@]12CN(S(=O)(=O)N(C)C)C[C@@H]1[C@H]2c1ccccc1. The summed E-state index contributed by atoms with van der Waals surface area (Å²) in [4.78, 5) is 0. The maximum Gasteiger partial charge on any atom is 0.281 e. The Kier molecular flexibility index (Phi) is 5.78. The molecule has 5 rings (SSSR count). The number of piperidine rings is 1. The van der Waals surface area contributed by atoms with Gasteiger partial charge in [-0.05, 0) is 65.9 Å². The molecule has 3 aromatic rings. The Morgan fingerprint density at radius 3 is 2.43 bits per heavy atom. The highest BCUT2D eigenvalue weighted by Crippen LogP contribution is 2.70.